The molecule has 0 unspecified atom stereocenters. The van der Waals surface area contributed by atoms with E-state index in [-0.39, 0.29) is 23.7 Å². The molecule has 0 saturated carbocycles. The summed E-state index contributed by atoms with van der Waals surface area (Å²) < 4.78 is 5.03. The van der Waals surface area contributed by atoms with E-state index in [2.05, 4.69) is 12.2 Å². The van der Waals surface area contributed by atoms with E-state index in [1.165, 1.54) is 19.2 Å². The number of rotatable bonds is 7. The second-order valence-electron chi connectivity index (χ2n) is 9.28. The molecule has 0 radical (unpaired) electrons. The fraction of sp³-hybridized carbons (Fsp3) is 0.591. The molecule has 0 aromatic heterocycles. The number of anilines is 1. The molecule has 176 valence electrons. The van der Waals surface area contributed by atoms with E-state index in [1.54, 1.807) is 6.07 Å². The van der Waals surface area contributed by atoms with Crippen molar-refractivity contribution >= 4 is 29.2 Å². The maximum Gasteiger partial charge on any atom is 0.338 e. The molecule has 1 aromatic carbocycles. The molecular formula is C22H32N4O6. The molecule has 10 heteroatoms. The van der Waals surface area contributed by atoms with Gasteiger partial charge in [-0.05, 0) is 51.7 Å². The zero-order valence-electron chi connectivity index (χ0n) is 19.3. The number of hydrogen-bond donors (Lipinski definition) is 1. The van der Waals surface area contributed by atoms with E-state index in [1.807, 2.05) is 25.7 Å². The third-order valence-electron chi connectivity index (χ3n) is 5.05. The number of nitrogens with one attached hydrogen (secondary N) is 1. The van der Waals surface area contributed by atoms with Crippen LogP contribution in [0.25, 0.3) is 0 Å². The summed E-state index contributed by atoms with van der Waals surface area (Å²) >= 11 is 0. The van der Waals surface area contributed by atoms with Crippen LogP contribution in [0.4, 0.5) is 11.4 Å². The van der Waals surface area contributed by atoms with Gasteiger partial charge in [0.2, 0.25) is 5.91 Å². The molecule has 1 aromatic rings. The first-order chi connectivity index (χ1) is 14.9. The minimum Gasteiger partial charge on any atom is -0.452 e. The number of nitrogens with zero attached hydrogens (tertiary/aromatic N) is 3. The van der Waals surface area contributed by atoms with Gasteiger partial charge in [-0.25, -0.2) is 4.79 Å². The van der Waals surface area contributed by atoms with Crippen molar-refractivity contribution < 1.29 is 24.0 Å². The van der Waals surface area contributed by atoms with Crippen LogP contribution >= 0.6 is 0 Å². The zero-order chi connectivity index (χ0) is 24.1. The highest BCUT2D eigenvalue weighted by atomic mass is 16.6. The van der Waals surface area contributed by atoms with Gasteiger partial charge in [-0.3, -0.25) is 19.7 Å². The predicted octanol–water partition coefficient (Wildman–Crippen LogP) is 2.36. The molecule has 2 amide bonds. The monoisotopic (exact) mass is 448 g/mol. The van der Waals surface area contributed by atoms with Gasteiger partial charge in [-0.1, -0.05) is 6.92 Å². The van der Waals surface area contributed by atoms with Gasteiger partial charge in [0.1, 0.15) is 5.69 Å². The molecule has 1 N–H and O–H groups in total. The molecule has 32 heavy (non-hydrogen) atoms. The Bertz CT molecular complexity index is 880. The Morgan fingerprint density at radius 1 is 1.31 bits per heavy atom. The van der Waals surface area contributed by atoms with E-state index >= 15 is 0 Å². The van der Waals surface area contributed by atoms with E-state index < -0.39 is 28.9 Å². The zero-order valence-corrected chi connectivity index (χ0v) is 19.3. The Morgan fingerprint density at radius 3 is 2.59 bits per heavy atom. The van der Waals surface area contributed by atoms with Crippen LogP contribution in [-0.2, 0) is 14.3 Å². The Morgan fingerprint density at radius 2 is 2.00 bits per heavy atom. The van der Waals surface area contributed by atoms with Gasteiger partial charge in [-0.15, -0.1) is 0 Å². The number of benzene rings is 1. The number of esters is 1. The highest BCUT2D eigenvalue weighted by Crippen LogP contribution is 2.32. The Hall–Kier alpha value is -3.17. The van der Waals surface area contributed by atoms with Crippen molar-refractivity contribution in [1.29, 1.82) is 0 Å². The van der Waals surface area contributed by atoms with E-state index in [0.29, 0.717) is 18.2 Å². The van der Waals surface area contributed by atoms with Crippen molar-refractivity contribution in [3.05, 3.63) is 33.9 Å². The van der Waals surface area contributed by atoms with E-state index in [9.17, 15) is 24.5 Å². The number of amides is 2. The standard InChI is InChI=1S/C22H32N4O6/c1-15-7-6-10-25(12-15)17-9-8-16(11-18(17)26(30)31)21(29)32-14-20(28)24(5)13-19(27)23-22(2,3)4/h8-9,11,15H,6-7,10,12-14H2,1-5H3,(H,23,27)/t15-/m0/s1. The van der Waals surface area contributed by atoms with Crippen LogP contribution in [0.15, 0.2) is 18.2 Å². The normalized spacial score (nSPS) is 16.3. The summed E-state index contributed by atoms with van der Waals surface area (Å²) in [5.74, 6) is -1.30. The van der Waals surface area contributed by atoms with Gasteiger partial charge >= 0.3 is 5.97 Å². The first-order valence-corrected chi connectivity index (χ1v) is 10.6. The smallest absolute Gasteiger partial charge is 0.338 e. The number of nitro groups is 1. The second kappa shape index (κ2) is 10.4. The summed E-state index contributed by atoms with van der Waals surface area (Å²) in [6.45, 7) is 8.26. The fourth-order valence-corrected chi connectivity index (χ4v) is 3.55. The lowest BCUT2D eigenvalue weighted by atomic mass is 9.99. The van der Waals surface area contributed by atoms with Gasteiger partial charge < -0.3 is 19.9 Å². The van der Waals surface area contributed by atoms with Gasteiger partial charge in [0, 0.05) is 31.7 Å². The lowest BCUT2D eigenvalue weighted by molar-refractivity contribution is -0.384. The summed E-state index contributed by atoms with van der Waals surface area (Å²) in [5, 5.41) is 14.3. The average molecular weight is 449 g/mol. The maximum atomic E-state index is 12.4. The Balaban J connectivity index is 2.00. The van der Waals surface area contributed by atoms with Crippen LogP contribution < -0.4 is 10.2 Å². The molecule has 1 saturated heterocycles. The van der Waals surface area contributed by atoms with Crippen molar-refractivity contribution in [1.82, 2.24) is 10.2 Å². The third-order valence-corrected chi connectivity index (χ3v) is 5.05. The summed E-state index contributed by atoms with van der Waals surface area (Å²) in [6, 6.07) is 4.20. The molecular weight excluding hydrogens is 416 g/mol. The van der Waals surface area contributed by atoms with Crippen LogP contribution in [0, 0.1) is 16.0 Å². The summed E-state index contributed by atoms with van der Waals surface area (Å²) in [4.78, 5) is 50.7. The molecule has 1 heterocycles. The summed E-state index contributed by atoms with van der Waals surface area (Å²) in [7, 11) is 1.43. The highest BCUT2D eigenvalue weighted by Gasteiger charge is 2.26. The number of nitro benzene ring substituents is 1. The number of ether oxygens (including phenoxy) is 1. The number of carbonyl (C=O) groups is 3. The predicted molar refractivity (Wildman–Crippen MR) is 120 cm³/mol. The first-order valence-electron chi connectivity index (χ1n) is 10.6. The number of likely N-dealkylation sites (N-methyl/N-ethyl adjacent to an activating group) is 1. The van der Waals surface area contributed by atoms with Crippen molar-refractivity contribution in [3.8, 4) is 0 Å². The maximum absolute atomic E-state index is 12.4. The van der Waals surface area contributed by atoms with Crippen molar-refractivity contribution in [2.75, 3.05) is 38.2 Å². The molecule has 0 bridgehead atoms. The van der Waals surface area contributed by atoms with E-state index in [4.69, 9.17) is 4.74 Å². The summed E-state index contributed by atoms with van der Waals surface area (Å²) in [6.07, 6.45) is 2.03. The van der Waals surface area contributed by atoms with Gasteiger partial charge in [0.25, 0.3) is 11.6 Å². The second-order valence-corrected chi connectivity index (χ2v) is 9.28. The number of hydrogen-bond acceptors (Lipinski definition) is 7. The minimum absolute atomic E-state index is 0.00793. The molecule has 1 aliphatic rings. The quantitative estimate of drug-likeness (QED) is 0.386. The van der Waals surface area contributed by atoms with Gasteiger partial charge in [-0.2, -0.15) is 0 Å². The lowest BCUT2D eigenvalue weighted by Gasteiger charge is -2.32. The summed E-state index contributed by atoms with van der Waals surface area (Å²) in [5.41, 5.74) is -0.137. The number of piperidine rings is 1. The van der Waals surface area contributed by atoms with Crippen LogP contribution in [0.2, 0.25) is 0 Å². The molecule has 1 atom stereocenters. The third kappa shape index (κ3) is 7.21. The fourth-order valence-electron chi connectivity index (χ4n) is 3.55. The molecule has 0 aliphatic carbocycles. The topological polar surface area (TPSA) is 122 Å². The van der Waals surface area contributed by atoms with Crippen LogP contribution in [-0.4, -0.2) is 66.4 Å². The molecule has 10 nitrogen and oxygen atoms in total. The molecule has 1 fully saturated rings. The minimum atomic E-state index is -0.840. The SMILES string of the molecule is C[C@H]1CCCN(c2ccc(C(=O)OCC(=O)N(C)CC(=O)NC(C)(C)C)cc2[N+](=O)[O-])C1. The largest absolute Gasteiger partial charge is 0.452 e. The lowest BCUT2D eigenvalue weighted by Crippen LogP contribution is -2.46. The van der Waals surface area contributed by atoms with Gasteiger partial charge in [0.05, 0.1) is 17.0 Å². The van der Waals surface area contributed by atoms with Crippen LogP contribution in [0.1, 0.15) is 50.9 Å². The highest BCUT2D eigenvalue weighted by molar-refractivity contribution is 5.93. The van der Waals surface area contributed by atoms with Crippen LogP contribution in [0.5, 0.6) is 0 Å². The first kappa shape index (κ1) is 25.1. The average Bonchev–Trinajstić information content (AvgIpc) is 2.69. The van der Waals surface area contributed by atoms with Gasteiger partial charge in [0.15, 0.2) is 6.61 Å². The molecule has 1 aliphatic heterocycles. The number of carbonyl (C=O) groups excluding carboxylic acids is 3. The van der Waals surface area contributed by atoms with Crippen molar-refractivity contribution in [2.24, 2.45) is 5.92 Å². The van der Waals surface area contributed by atoms with Crippen LogP contribution in [0.3, 0.4) is 0 Å². The van der Waals surface area contributed by atoms with Crippen molar-refractivity contribution in [3.63, 3.8) is 0 Å². The van der Waals surface area contributed by atoms with E-state index in [0.717, 1.165) is 24.3 Å². The van der Waals surface area contributed by atoms with Crippen molar-refractivity contribution in [2.45, 2.75) is 46.1 Å². The molecule has 0 spiro atoms. The molecule has 2 rings (SSSR count). The Labute approximate surface area is 188 Å². The Kier molecular flexibility index (Phi) is 8.18.